The summed E-state index contributed by atoms with van der Waals surface area (Å²) in [6.45, 7) is 3.83. The first-order valence-electron chi connectivity index (χ1n) is 12.4. The van der Waals surface area contributed by atoms with E-state index in [1.807, 2.05) is 44.2 Å². The van der Waals surface area contributed by atoms with Crippen LogP contribution in [0.2, 0.25) is 0 Å². The van der Waals surface area contributed by atoms with Crippen LogP contribution in [0.1, 0.15) is 61.1 Å². The van der Waals surface area contributed by atoms with E-state index in [-0.39, 0.29) is 30.0 Å². The van der Waals surface area contributed by atoms with Crippen LogP contribution < -0.4 is 15.4 Å². The minimum absolute atomic E-state index is 0.109. The minimum Gasteiger partial charge on any atom is -0.483 e. The number of amides is 1. The van der Waals surface area contributed by atoms with Crippen molar-refractivity contribution in [1.82, 2.24) is 5.32 Å². The summed E-state index contributed by atoms with van der Waals surface area (Å²) in [7, 11) is 0. The van der Waals surface area contributed by atoms with Gasteiger partial charge in [0.05, 0.1) is 4.47 Å². The van der Waals surface area contributed by atoms with Crippen molar-refractivity contribution >= 4 is 39.1 Å². The summed E-state index contributed by atoms with van der Waals surface area (Å²) in [5, 5.41) is 6.34. The van der Waals surface area contributed by atoms with Crippen molar-refractivity contribution in [3.05, 3.63) is 80.1 Å². The van der Waals surface area contributed by atoms with Crippen LogP contribution in [0.15, 0.2) is 63.4 Å². The van der Waals surface area contributed by atoms with Crippen molar-refractivity contribution < 1.29 is 19.1 Å². The number of allylic oxidation sites excluding steroid dienone is 4. The van der Waals surface area contributed by atoms with Gasteiger partial charge in [-0.3, -0.25) is 14.4 Å². The number of carbonyl (C=O) groups excluding carboxylic acids is 3. The number of ether oxygens (including phenoxy) is 1. The molecule has 0 unspecified atom stereocenters. The first-order valence-corrected chi connectivity index (χ1v) is 13.2. The maximum Gasteiger partial charge on any atom is 0.262 e. The van der Waals surface area contributed by atoms with Gasteiger partial charge in [0.1, 0.15) is 5.75 Å². The Morgan fingerprint density at radius 2 is 1.67 bits per heavy atom. The van der Waals surface area contributed by atoms with Crippen molar-refractivity contribution in [2.24, 2.45) is 0 Å². The van der Waals surface area contributed by atoms with Crippen molar-refractivity contribution in [2.75, 3.05) is 11.9 Å². The van der Waals surface area contributed by atoms with Gasteiger partial charge in [0, 0.05) is 47.0 Å². The van der Waals surface area contributed by atoms with E-state index >= 15 is 0 Å². The molecule has 186 valence electrons. The molecule has 0 aromatic heterocycles. The van der Waals surface area contributed by atoms with E-state index in [4.69, 9.17) is 4.74 Å². The smallest absolute Gasteiger partial charge is 0.262 e. The van der Waals surface area contributed by atoms with E-state index in [2.05, 4.69) is 26.6 Å². The SMILES string of the molecule is Cc1cccc(NC(=O)COc2ccc(C3C4=C(CCCC4=O)NC4=C3C(=O)CCC4)cc2Br)c1C. The van der Waals surface area contributed by atoms with Crippen molar-refractivity contribution in [3.63, 3.8) is 0 Å². The molecule has 36 heavy (non-hydrogen) atoms. The third-order valence-corrected chi connectivity index (χ3v) is 7.94. The summed E-state index contributed by atoms with van der Waals surface area (Å²) in [6.07, 6.45) is 4.31. The summed E-state index contributed by atoms with van der Waals surface area (Å²) >= 11 is 3.58. The second kappa shape index (κ2) is 10.1. The zero-order chi connectivity index (χ0) is 25.4. The second-order valence-corrected chi connectivity index (χ2v) is 10.5. The molecular formula is C29H29BrN2O4. The monoisotopic (exact) mass is 548 g/mol. The van der Waals surface area contributed by atoms with Crippen molar-refractivity contribution in [2.45, 2.75) is 58.3 Å². The molecule has 2 aliphatic carbocycles. The highest BCUT2D eigenvalue weighted by Crippen LogP contribution is 2.46. The van der Waals surface area contributed by atoms with Crippen LogP contribution in [0.25, 0.3) is 0 Å². The lowest BCUT2D eigenvalue weighted by atomic mass is 9.71. The van der Waals surface area contributed by atoms with Crippen molar-refractivity contribution in [1.29, 1.82) is 0 Å². The predicted molar refractivity (Wildman–Crippen MR) is 142 cm³/mol. The Hall–Kier alpha value is -3.19. The van der Waals surface area contributed by atoms with Gasteiger partial charge in [0.2, 0.25) is 0 Å². The predicted octanol–water partition coefficient (Wildman–Crippen LogP) is 5.78. The van der Waals surface area contributed by atoms with Crippen LogP contribution >= 0.6 is 15.9 Å². The molecule has 1 amide bonds. The number of anilines is 1. The Morgan fingerprint density at radius 1 is 1.00 bits per heavy atom. The normalized spacial score (nSPS) is 18.0. The largest absolute Gasteiger partial charge is 0.483 e. The maximum absolute atomic E-state index is 13.0. The maximum atomic E-state index is 13.0. The van der Waals surface area contributed by atoms with Crippen molar-refractivity contribution in [3.8, 4) is 5.75 Å². The Labute approximate surface area is 219 Å². The lowest BCUT2D eigenvalue weighted by Crippen LogP contribution is -2.36. The van der Waals surface area contributed by atoms with Gasteiger partial charge in [-0.1, -0.05) is 18.2 Å². The van der Waals surface area contributed by atoms with Gasteiger partial charge < -0.3 is 15.4 Å². The number of dihydropyridines is 1. The molecule has 6 nitrogen and oxygen atoms in total. The van der Waals surface area contributed by atoms with Crippen LogP contribution in [0.4, 0.5) is 5.69 Å². The van der Waals surface area contributed by atoms with E-state index < -0.39 is 0 Å². The Morgan fingerprint density at radius 3 is 2.31 bits per heavy atom. The average Bonchev–Trinajstić information content (AvgIpc) is 2.85. The number of nitrogens with one attached hydrogen (secondary N) is 2. The van der Waals surface area contributed by atoms with Crippen LogP contribution in [0.3, 0.4) is 0 Å². The second-order valence-electron chi connectivity index (χ2n) is 9.67. The average molecular weight is 549 g/mol. The summed E-state index contributed by atoms with van der Waals surface area (Å²) in [6, 6.07) is 11.4. The number of hydrogen-bond donors (Lipinski definition) is 2. The zero-order valence-electron chi connectivity index (χ0n) is 20.5. The molecule has 5 rings (SSSR count). The quantitative estimate of drug-likeness (QED) is 0.494. The van der Waals surface area contributed by atoms with E-state index in [1.54, 1.807) is 6.07 Å². The van der Waals surface area contributed by atoms with Crippen LogP contribution in [0.5, 0.6) is 5.75 Å². The summed E-state index contributed by atoms with van der Waals surface area (Å²) < 4.78 is 6.48. The molecule has 7 heteroatoms. The van der Waals surface area contributed by atoms with Gasteiger partial charge in [-0.05, 0) is 90.4 Å². The first kappa shape index (κ1) is 24.5. The van der Waals surface area contributed by atoms with Crippen LogP contribution in [-0.4, -0.2) is 24.1 Å². The highest BCUT2D eigenvalue weighted by Gasteiger charge is 2.40. The number of carbonyl (C=O) groups is 3. The van der Waals surface area contributed by atoms with Gasteiger partial charge in [-0.25, -0.2) is 0 Å². The van der Waals surface area contributed by atoms with Gasteiger partial charge in [0.25, 0.3) is 5.91 Å². The number of rotatable bonds is 5. The van der Waals surface area contributed by atoms with Gasteiger partial charge >= 0.3 is 0 Å². The standard InChI is InChI=1S/C29H29BrN2O4/c1-16-6-3-7-20(17(16)2)32-26(35)15-36-25-13-12-18(14-19(25)30)27-28-21(8-4-10-23(28)33)31-22-9-5-11-24(34)29(22)27/h3,6-7,12-14,27,31H,4-5,8-11,15H2,1-2H3,(H,32,35). The molecule has 0 atom stereocenters. The molecule has 0 fully saturated rings. The van der Waals surface area contributed by atoms with Crippen LogP contribution in [0, 0.1) is 13.8 Å². The van der Waals surface area contributed by atoms with Gasteiger partial charge in [0.15, 0.2) is 18.2 Å². The summed E-state index contributed by atoms with van der Waals surface area (Å²) in [4.78, 5) is 38.5. The molecule has 3 aliphatic rings. The van der Waals surface area contributed by atoms with E-state index in [0.29, 0.717) is 23.1 Å². The summed E-state index contributed by atoms with van der Waals surface area (Å²) in [5.74, 6) is 0.131. The molecule has 0 saturated carbocycles. The molecular weight excluding hydrogens is 520 g/mol. The van der Waals surface area contributed by atoms with E-state index in [0.717, 1.165) is 70.6 Å². The van der Waals surface area contributed by atoms with E-state index in [1.165, 1.54) is 0 Å². The molecule has 0 spiro atoms. The van der Waals surface area contributed by atoms with E-state index in [9.17, 15) is 14.4 Å². The Balaban J connectivity index is 1.38. The fourth-order valence-electron chi connectivity index (χ4n) is 5.35. The number of benzene rings is 2. The zero-order valence-corrected chi connectivity index (χ0v) is 22.1. The number of ketones is 2. The topological polar surface area (TPSA) is 84.5 Å². The molecule has 0 radical (unpaired) electrons. The highest BCUT2D eigenvalue weighted by atomic mass is 79.9. The lowest BCUT2D eigenvalue weighted by molar-refractivity contribution is -0.118. The Kier molecular flexibility index (Phi) is 6.84. The first-order chi connectivity index (χ1) is 17.3. The molecule has 1 aliphatic heterocycles. The molecule has 2 aromatic carbocycles. The number of hydrogen-bond acceptors (Lipinski definition) is 5. The lowest BCUT2D eigenvalue weighted by Gasteiger charge is -2.37. The minimum atomic E-state index is -0.366. The van der Waals surface area contributed by atoms with Gasteiger partial charge in [-0.15, -0.1) is 0 Å². The number of aryl methyl sites for hydroxylation is 1. The highest BCUT2D eigenvalue weighted by molar-refractivity contribution is 9.10. The molecule has 0 saturated heterocycles. The third kappa shape index (κ3) is 4.64. The molecule has 2 aromatic rings. The number of halogens is 1. The number of Topliss-reactive ketones (excluding diaryl/α,β-unsaturated/α-hetero) is 2. The molecule has 0 bridgehead atoms. The third-order valence-electron chi connectivity index (χ3n) is 7.32. The molecule has 2 N–H and O–H groups in total. The fourth-order valence-corrected chi connectivity index (χ4v) is 5.86. The fraction of sp³-hybridized carbons (Fsp3) is 0.345. The summed E-state index contributed by atoms with van der Waals surface area (Å²) in [5.41, 5.74) is 7.15. The Bertz CT molecular complexity index is 1300. The van der Waals surface area contributed by atoms with Gasteiger partial charge in [-0.2, -0.15) is 0 Å². The van der Waals surface area contributed by atoms with Crippen LogP contribution in [-0.2, 0) is 14.4 Å². The molecule has 1 heterocycles.